The van der Waals surface area contributed by atoms with Crippen LogP contribution in [-0.2, 0) is 0 Å². The van der Waals surface area contributed by atoms with Crippen molar-refractivity contribution in [2.45, 2.75) is 26.7 Å². The van der Waals surface area contributed by atoms with Crippen molar-refractivity contribution in [3.63, 3.8) is 0 Å². The SMILES string of the molecule is Cc1cc([O-])cc(C(C)C)c1.[Na+]. The fourth-order valence-corrected chi connectivity index (χ4v) is 1.11. The minimum Gasteiger partial charge on any atom is -0.872 e. The molecule has 0 heterocycles. The van der Waals surface area contributed by atoms with Crippen LogP contribution < -0.4 is 34.7 Å². The zero-order valence-electron chi connectivity index (χ0n) is 8.22. The maximum Gasteiger partial charge on any atom is 1.00 e. The number of hydrogen-bond acceptors (Lipinski definition) is 1. The second-order valence-electron chi connectivity index (χ2n) is 3.23. The van der Waals surface area contributed by atoms with Crippen molar-refractivity contribution in [3.05, 3.63) is 29.3 Å². The van der Waals surface area contributed by atoms with Gasteiger partial charge in [0.25, 0.3) is 0 Å². The smallest absolute Gasteiger partial charge is 0.872 e. The summed E-state index contributed by atoms with van der Waals surface area (Å²) in [6, 6.07) is 5.43. The van der Waals surface area contributed by atoms with E-state index in [9.17, 15) is 5.11 Å². The van der Waals surface area contributed by atoms with E-state index in [-0.39, 0.29) is 35.3 Å². The van der Waals surface area contributed by atoms with Gasteiger partial charge in [0.2, 0.25) is 0 Å². The molecule has 0 aliphatic carbocycles. The van der Waals surface area contributed by atoms with Gasteiger partial charge in [-0.3, -0.25) is 0 Å². The summed E-state index contributed by atoms with van der Waals surface area (Å²) < 4.78 is 0. The van der Waals surface area contributed by atoms with Gasteiger partial charge in [-0.15, -0.1) is 5.75 Å². The van der Waals surface area contributed by atoms with E-state index in [0.717, 1.165) is 11.1 Å². The minimum absolute atomic E-state index is 0. The topological polar surface area (TPSA) is 23.1 Å². The zero-order valence-corrected chi connectivity index (χ0v) is 10.2. The maximum atomic E-state index is 11.0. The monoisotopic (exact) mass is 172 g/mol. The van der Waals surface area contributed by atoms with E-state index in [0.29, 0.717) is 5.92 Å². The normalized spacial score (nSPS) is 9.67. The van der Waals surface area contributed by atoms with E-state index >= 15 is 0 Å². The van der Waals surface area contributed by atoms with Gasteiger partial charge in [-0.05, 0) is 18.4 Å². The van der Waals surface area contributed by atoms with Crippen LogP contribution in [0.2, 0.25) is 0 Å². The first-order valence-electron chi connectivity index (χ1n) is 3.88. The third-order valence-electron chi connectivity index (χ3n) is 1.74. The summed E-state index contributed by atoms with van der Waals surface area (Å²) in [5.41, 5.74) is 2.19. The molecule has 12 heavy (non-hydrogen) atoms. The average molecular weight is 172 g/mol. The molecule has 0 bridgehead atoms. The van der Waals surface area contributed by atoms with Crippen LogP contribution in [0.1, 0.15) is 30.9 Å². The molecular weight excluding hydrogens is 159 g/mol. The molecule has 1 rings (SSSR count). The Morgan fingerprint density at radius 1 is 1.17 bits per heavy atom. The van der Waals surface area contributed by atoms with Crippen LogP contribution in [-0.4, -0.2) is 0 Å². The number of hydrogen-bond donors (Lipinski definition) is 0. The Bertz CT molecular complexity index is 236. The van der Waals surface area contributed by atoms with Crippen LogP contribution in [0, 0.1) is 6.92 Å². The molecule has 0 spiro atoms. The van der Waals surface area contributed by atoms with Crippen molar-refractivity contribution >= 4 is 0 Å². The first-order chi connectivity index (χ1) is 5.09. The molecule has 0 saturated heterocycles. The third-order valence-corrected chi connectivity index (χ3v) is 1.74. The number of aryl methyl sites for hydroxylation is 1. The average Bonchev–Trinajstić information content (AvgIpc) is 1.85. The summed E-state index contributed by atoms with van der Waals surface area (Å²) in [4.78, 5) is 0. The Morgan fingerprint density at radius 2 is 1.75 bits per heavy atom. The van der Waals surface area contributed by atoms with E-state index in [1.54, 1.807) is 12.1 Å². The van der Waals surface area contributed by atoms with E-state index in [4.69, 9.17) is 0 Å². The molecule has 0 unspecified atom stereocenters. The summed E-state index contributed by atoms with van der Waals surface area (Å²) in [7, 11) is 0. The second kappa shape index (κ2) is 4.90. The summed E-state index contributed by atoms with van der Waals surface area (Å²) in [6.07, 6.45) is 0. The van der Waals surface area contributed by atoms with Gasteiger partial charge >= 0.3 is 29.6 Å². The van der Waals surface area contributed by atoms with Crippen LogP contribution >= 0.6 is 0 Å². The number of rotatable bonds is 1. The number of benzene rings is 1. The van der Waals surface area contributed by atoms with Gasteiger partial charge < -0.3 is 5.11 Å². The molecule has 0 radical (unpaired) electrons. The Labute approximate surface area is 96.1 Å². The first-order valence-corrected chi connectivity index (χ1v) is 3.88. The summed E-state index contributed by atoms with van der Waals surface area (Å²) in [5, 5.41) is 11.0. The molecule has 1 nitrogen and oxygen atoms in total. The van der Waals surface area contributed by atoms with Gasteiger partial charge in [-0.25, -0.2) is 0 Å². The predicted molar refractivity (Wildman–Crippen MR) is 44.7 cm³/mol. The van der Waals surface area contributed by atoms with Gasteiger partial charge in [-0.1, -0.05) is 37.6 Å². The van der Waals surface area contributed by atoms with Crippen LogP contribution in [0.15, 0.2) is 18.2 Å². The maximum absolute atomic E-state index is 11.0. The summed E-state index contributed by atoms with van der Waals surface area (Å²) in [5.74, 6) is 0.566. The van der Waals surface area contributed by atoms with E-state index in [1.165, 1.54) is 0 Å². The molecule has 2 heteroatoms. The standard InChI is InChI=1S/C10H14O.Na/c1-7(2)9-4-8(3)5-10(11)6-9;/h4-7,11H,1-3H3;/q;+1/p-1. The Hall–Kier alpha value is 0.0200. The van der Waals surface area contributed by atoms with Crippen molar-refractivity contribution in [3.8, 4) is 5.75 Å². The molecule has 60 valence electrons. The van der Waals surface area contributed by atoms with Crippen LogP contribution in [0.3, 0.4) is 0 Å². The minimum atomic E-state index is 0. The zero-order chi connectivity index (χ0) is 8.43. The first kappa shape index (κ1) is 12.0. The van der Waals surface area contributed by atoms with E-state index in [1.807, 2.05) is 6.92 Å². The molecule has 0 aromatic heterocycles. The Balaban J connectivity index is 0.00000121. The molecular formula is C10H13NaO. The van der Waals surface area contributed by atoms with Gasteiger partial charge in [-0.2, -0.15) is 0 Å². The molecule has 0 N–H and O–H groups in total. The van der Waals surface area contributed by atoms with Crippen molar-refractivity contribution in [2.24, 2.45) is 0 Å². The molecule has 1 aromatic carbocycles. The molecule has 0 fully saturated rings. The van der Waals surface area contributed by atoms with Gasteiger partial charge in [0, 0.05) is 0 Å². The van der Waals surface area contributed by atoms with Crippen molar-refractivity contribution in [1.82, 2.24) is 0 Å². The molecule has 0 atom stereocenters. The fourth-order valence-electron chi connectivity index (χ4n) is 1.11. The fraction of sp³-hybridized carbons (Fsp3) is 0.400. The molecule has 0 aliphatic heterocycles. The van der Waals surface area contributed by atoms with Crippen LogP contribution in [0.5, 0.6) is 5.75 Å². The third kappa shape index (κ3) is 3.18. The van der Waals surface area contributed by atoms with E-state index < -0.39 is 0 Å². The van der Waals surface area contributed by atoms with Gasteiger partial charge in [0.15, 0.2) is 0 Å². The van der Waals surface area contributed by atoms with Crippen LogP contribution in [0.25, 0.3) is 0 Å². The van der Waals surface area contributed by atoms with E-state index in [2.05, 4.69) is 19.9 Å². The van der Waals surface area contributed by atoms with Crippen molar-refractivity contribution < 1.29 is 34.7 Å². The molecule has 0 amide bonds. The molecule has 1 aromatic rings. The molecule has 0 saturated carbocycles. The van der Waals surface area contributed by atoms with Gasteiger partial charge in [0.05, 0.1) is 0 Å². The Kier molecular flexibility index (Phi) is 4.91. The van der Waals surface area contributed by atoms with Crippen molar-refractivity contribution in [1.29, 1.82) is 0 Å². The summed E-state index contributed by atoms with van der Waals surface area (Å²) >= 11 is 0. The second-order valence-corrected chi connectivity index (χ2v) is 3.23. The van der Waals surface area contributed by atoms with Crippen molar-refractivity contribution in [2.75, 3.05) is 0 Å². The summed E-state index contributed by atoms with van der Waals surface area (Å²) in [6.45, 7) is 6.13. The van der Waals surface area contributed by atoms with Gasteiger partial charge in [0.1, 0.15) is 0 Å². The quantitative estimate of drug-likeness (QED) is 0.508. The molecule has 0 aliphatic rings. The van der Waals surface area contributed by atoms with Crippen LogP contribution in [0.4, 0.5) is 0 Å². The Morgan fingerprint density at radius 3 is 2.17 bits per heavy atom. The predicted octanol–water partition coefficient (Wildman–Crippen LogP) is -0.804. The largest absolute Gasteiger partial charge is 1.00 e.